The van der Waals surface area contributed by atoms with Gasteiger partial charge < -0.3 is 15.4 Å². The van der Waals surface area contributed by atoms with Gasteiger partial charge in [0.25, 0.3) is 5.56 Å². The minimum atomic E-state index is -0.491. The fourth-order valence-corrected chi connectivity index (χ4v) is 4.97. The zero-order valence-electron chi connectivity index (χ0n) is 23.7. The van der Waals surface area contributed by atoms with Crippen LogP contribution in [0.4, 0.5) is 16.2 Å². The molecule has 7 nitrogen and oxygen atoms in total. The molecule has 0 aliphatic rings. The maximum absolute atomic E-state index is 14.1. The number of fused-ring (bicyclic) bond motifs is 1. The number of benzene rings is 2. The molecule has 0 atom stereocenters. The lowest BCUT2D eigenvalue weighted by atomic mass is 9.93. The van der Waals surface area contributed by atoms with Crippen LogP contribution in [-0.2, 0) is 6.54 Å². The minimum absolute atomic E-state index is 0.167. The van der Waals surface area contributed by atoms with Crippen LogP contribution in [0, 0.1) is 12.3 Å². The Balaban J connectivity index is 1.90. The molecule has 0 aliphatic heterocycles. The van der Waals surface area contributed by atoms with E-state index < -0.39 is 6.03 Å². The van der Waals surface area contributed by atoms with Crippen molar-refractivity contribution in [3.05, 3.63) is 82.3 Å². The summed E-state index contributed by atoms with van der Waals surface area (Å²) in [5.74, 6) is 3.66. The summed E-state index contributed by atoms with van der Waals surface area (Å²) in [6, 6.07) is 16.7. The van der Waals surface area contributed by atoms with Crippen molar-refractivity contribution in [3.8, 4) is 29.2 Å². The van der Waals surface area contributed by atoms with E-state index in [0.29, 0.717) is 36.3 Å². The molecule has 2 aromatic heterocycles. The lowest BCUT2D eigenvalue weighted by Crippen LogP contribution is -2.30. The summed E-state index contributed by atoms with van der Waals surface area (Å²) in [4.78, 5) is 32.3. The Labute approximate surface area is 235 Å². The number of nitrogens with zero attached hydrogens (tertiary/aromatic N) is 2. The van der Waals surface area contributed by atoms with Crippen molar-refractivity contribution in [2.75, 3.05) is 17.7 Å². The van der Waals surface area contributed by atoms with Crippen LogP contribution in [-0.4, -0.2) is 22.7 Å². The standard InChI is InChI=1S/C33H36N4O3/c1-7-8-9-19-37-31-27(17-12-18-34-31)28(23-13-10-14-24(20-23)40-6)30(32(37)38)36-33(39)35-29-25(21(2)3)15-11-16-26(29)22(4)5/h1,10-18,20-22H,8-9,19H2,2-6H3,(H2,35,36,39). The molecule has 2 aromatic carbocycles. The van der Waals surface area contributed by atoms with E-state index in [9.17, 15) is 9.59 Å². The first-order valence-electron chi connectivity index (χ1n) is 13.6. The third-order valence-electron chi connectivity index (χ3n) is 6.93. The molecule has 0 bridgehead atoms. The van der Waals surface area contributed by atoms with Gasteiger partial charge in [0.1, 0.15) is 17.1 Å². The highest BCUT2D eigenvalue weighted by molar-refractivity contribution is 6.07. The van der Waals surface area contributed by atoms with Crippen LogP contribution in [0.5, 0.6) is 5.75 Å². The second kappa shape index (κ2) is 12.5. The zero-order valence-corrected chi connectivity index (χ0v) is 23.7. The number of rotatable bonds is 9. The van der Waals surface area contributed by atoms with Crippen LogP contribution in [0.3, 0.4) is 0 Å². The topological polar surface area (TPSA) is 85.2 Å². The first-order valence-corrected chi connectivity index (χ1v) is 13.6. The molecular formula is C33H36N4O3. The number of aryl methyl sites for hydroxylation is 1. The van der Waals surface area contributed by atoms with Gasteiger partial charge in [-0.15, -0.1) is 12.3 Å². The highest BCUT2D eigenvalue weighted by Gasteiger charge is 2.22. The van der Waals surface area contributed by atoms with Crippen LogP contribution in [0.1, 0.15) is 63.5 Å². The monoisotopic (exact) mass is 536 g/mol. The van der Waals surface area contributed by atoms with Crippen molar-refractivity contribution < 1.29 is 9.53 Å². The maximum atomic E-state index is 14.1. The van der Waals surface area contributed by atoms with E-state index in [1.54, 1.807) is 17.9 Å². The Morgan fingerprint density at radius 2 is 1.68 bits per heavy atom. The molecule has 4 aromatic rings. The molecule has 0 saturated carbocycles. The molecule has 0 unspecified atom stereocenters. The van der Waals surface area contributed by atoms with Crippen molar-refractivity contribution >= 4 is 28.4 Å². The summed E-state index contributed by atoms with van der Waals surface area (Å²) in [5.41, 5.74) is 4.48. The zero-order chi connectivity index (χ0) is 28.8. The van der Waals surface area contributed by atoms with Crippen molar-refractivity contribution in [2.45, 2.75) is 58.9 Å². The fourth-order valence-electron chi connectivity index (χ4n) is 4.97. The average Bonchev–Trinajstić information content (AvgIpc) is 2.94. The summed E-state index contributed by atoms with van der Waals surface area (Å²) >= 11 is 0. The number of amides is 2. The molecule has 206 valence electrons. The predicted molar refractivity (Wildman–Crippen MR) is 163 cm³/mol. The van der Waals surface area contributed by atoms with Gasteiger partial charge in [0, 0.05) is 35.8 Å². The number of hydrogen-bond acceptors (Lipinski definition) is 4. The number of anilines is 2. The number of unbranched alkanes of at least 4 members (excludes halogenated alkanes) is 1. The molecule has 2 heterocycles. The third-order valence-corrected chi connectivity index (χ3v) is 6.93. The number of nitrogens with one attached hydrogen (secondary N) is 2. The second-order valence-electron chi connectivity index (χ2n) is 10.3. The van der Waals surface area contributed by atoms with Gasteiger partial charge in [0.15, 0.2) is 0 Å². The van der Waals surface area contributed by atoms with Crippen LogP contribution >= 0.6 is 0 Å². The smallest absolute Gasteiger partial charge is 0.323 e. The first kappa shape index (κ1) is 28.4. The molecule has 4 rings (SSSR count). The Morgan fingerprint density at radius 3 is 2.33 bits per heavy atom. The first-order chi connectivity index (χ1) is 19.3. The third kappa shape index (κ3) is 5.86. The number of pyridine rings is 2. The SMILES string of the molecule is C#CCCCn1c(=O)c(NC(=O)Nc2c(C(C)C)cccc2C(C)C)c(-c2cccc(OC)c2)c2cccnc21. The van der Waals surface area contributed by atoms with Crippen molar-refractivity contribution in [3.63, 3.8) is 0 Å². The summed E-state index contributed by atoms with van der Waals surface area (Å²) < 4.78 is 7.05. The Kier molecular flexibility index (Phi) is 8.90. The van der Waals surface area contributed by atoms with Gasteiger partial charge in [-0.1, -0.05) is 58.0 Å². The molecule has 2 amide bonds. The molecule has 0 spiro atoms. The van der Waals surface area contributed by atoms with Crippen LogP contribution in [0.2, 0.25) is 0 Å². The number of para-hydroxylation sites is 1. The van der Waals surface area contributed by atoms with E-state index in [1.165, 1.54) is 0 Å². The number of aromatic nitrogens is 2. The Bertz CT molecular complexity index is 1600. The Hall–Kier alpha value is -4.57. The molecule has 0 radical (unpaired) electrons. The van der Waals surface area contributed by atoms with E-state index >= 15 is 0 Å². The normalized spacial score (nSPS) is 11.1. The average molecular weight is 537 g/mol. The number of methoxy groups -OCH3 is 1. The maximum Gasteiger partial charge on any atom is 0.323 e. The van der Waals surface area contributed by atoms with Crippen LogP contribution in [0.15, 0.2) is 65.6 Å². The van der Waals surface area contributed by atoms with E-state index in [1.807, 2.05) is 54.6 Å². The van der Waals surface area contributed by atoms with Crippen molar-refractivity contribution in [1.29, 1.82) is 0 Å². The molecule has 0 fully saturated rings. The summed E-state index contributed by atoms with van der Waals surface area (Å²) in [6.45, 7) is 8.74. The van der Waals surface area contributed by atoms with Gasteiger partial charge >= 0.3 is 6.03 Å². The number of carbonyl (C=O) groups excluding carboxylic acids is 1. The molecular weight excluding hydrogens is 500 g/mol. The second-order valence-corrected chi connectivity index (χ2v) is 10.3. The van der Waals surface area contributed by atoms with Gasteiger partial charge in [-0.2, -0.15) is 0 Å². The van der Waals surface area contributed by atoms with Gasteiger partial charge in [0.05, 0.1) is 7.11 Å². The summed E-state index contributed by atoms with van der Waals surface area (Å²) in [7, 11) is 1.59. The summed E-state index contributed by atoms with van der Waals surface area (Å²) in [6.07, 6.45) is 8.26. The number of terminal acetylenes is 1. The number of ether oxygens (including phenoxy) is 1. The van der Waals surface area contributed by atoms with E-state index in [4.69, 9.17) is 11.2 Å². The number of carbonyl (C=O) groups is 1. The van der Waals surface area contributed by atoms with E-state index in [0.717, 1.165) is 27.8 Å². The molecule has 7 heteroatoms. The van der Waals surface area contributed by atoms with Crippen LogP contribution < -0.4 is 20.9 Å². The Morgan fingerprint density at radius 1 is 1.00 bits per heavy atom. The molecule has 0 aliphatic carbocycles. The van der Waals surface area contributed by atoms with Crippen LogP contribution in [0.25, 0.3) is 22.2 Å². The van der Waals surface area contributed by atoms with Gasteiger partial charge in [-0.25, -0.2) is 9.78 Å². The van der Waals surface area contributed by atoms with Crippen molar-refractivity contribution in [2.24, 2.45) is 0 Å². The predicted octanol–water partition coefficient (Wildman–Crippen LogP) is 7.38. The fraction of sp³-hybridized carbons (Fsp3) is 0.303. The van der Waals surface area contributed by atoms with Gasteiger partial charge in [-0.05, 0) is 59.2 Å². The van der Waals surface area contributed by atoms with Crippen molar-refractivity contribution in [1.82, 2.24) is 9.55 Å². The summed E-state index contributed by atoms with van der Waals surface area (Å²) in [5, 5.41) is 6.73. The van der Waals surface area contributed by atoms with E-state index in [2.05, 4.69) is 49.2 Å². The number of urea groups is 1. The molecule has 2 N–H and O–H groups in total. The molecule has 0 saturated heterocycles. The lowest BCUT2D eigenvalue weighted by Gasteiger charge is -2.22. The lowest BCUT2D eigenvalue weighted by molar-refractivity contribution is 0.262. The number of hydrogen-bond donors (Lipinski definition) is 2. The largest absolute Gasteiger partial charge is 0.497 e. The van der Waals surface area contributed by atoms with Gasteiger partial charge in [-0.3, -0.25) is 9.36 Å². The highest BCUT2D eigenvalue weighted by atomic mass is 16.5. The quantitative estimate of drug-likeness (QED) is 0.173. The van der Waals surface area contributed by atoms with E-state index in [-0.39, 0.29) is 23.1 Å². The molecule has 40 heavy (non-hydrogen) atoms. The highest BCUT2D eigenvalue weighted by Crippen LogP contribution is 2.36. The minimum Gasteiger partial charge on any atom is -0.497 e. The van der Waals surface area contributed by atoms with Gasteiger partial charge in [0.2, 0.25) is 0 Å².